The number of nitrogens with zero attached hydrogens (tertiary/aromatic N) is 2. The van der Waals surface area contributed by atoms with E-state index >= 15 is 0 Å². The molecule has 0 aliphatic heterocycles. The molecule has 0 radical (unpaired) electrons. The lowest BCUT2D eigenvalue weighted by Crippen LogP contribution is -2.36. The average Bonchev–Trinajstić information content (AvgIpc) is 3.30. The Hall–Kier alpha value is -2.10. The molecule has 0 aliphatic carbocycles. The Morgan fingerprint density at radius 1 is 1.29 bits per heavy atom. The van der Waals surface area contributed by atoms with E-state index in [1.165, 1.54) is 9.69 Å². The number of anilines is 1. The van der Waals surface area contributed by atoms with Crippen LogP contribution >= 0.6 is 22.9 Å². The van der Waals surface area contributed by atoms with Crippen LogP contribution in [-0.4, -0.2) is 45.2 Å². The molecule has 0 bridgehead atoms. The summed E-state index contributed by atoms with van der Waals surface area (Å²) in [5.74, 6) is -0.467. The number of nitrogens with one attached hydrogen (secondary N) is 2. The summed E-state index contributed by atoms with van der Waals surface area (Å²) in [5, 5.41) is 23.0. The predicted octanol–water partition coefficient (Wildman–Crippen LogP) is 3.64. The molecule has 196 valence electrons. The van der Waals surface area contributed by atoms with Crippen LogP contribution in [0.2, 0.25) is 5.22 Å². The Labute approximate surface area is 214 Å². The number of thiophene rings is 1. The lowest BCUT2D eigenvalue weighted by Gasteiger charge is -2.31. The highest BCUT2D eigenvalue weighted by atomic mass is 35.5. The molecule has 0 aromatic carbocycles. The zero-order valence-electron chi connectivity index (χ0n) is 20.0. The van der Waals surface area contributed by atoms with Crippen LogP contribution in [0.1, 0.15) is 46.4 Å². The van der Waals surface area contributed by atoms with Crippen molar-refractivity contribution in [3.63, 3.8) is 0 Å². The molecule has 2 aromatic rings. The Bertz CT molecular complexity index is 1300. The number of sulfonamides is 1. The van der Waals surface area contributed by atoms with Crippen LogP contribution in [0.15, 0.2) is 42.8 Å². The van der Waals surface area contributed by atoms with Crippen molar-refractivity contribution in [2.24, 2.45) is 15.0 Å². The largest absolute Gasteiger partial charge is 0.504 e. The van der Waals surface area contributed by atoms with Crippen molar-refractivity contribution in [2.75, 3.05) is 18.4 Å². The van der Waals surface area contributed by atoms with Crippen LogP contribution in [0.5, 0.6) is 5.75 Å². The summed E-state index contributed by atoms with van der Waals surface area (Å²) in [4.78, 5) is 0. The lowest BCUT2D eigenvalue weighted by molar-refractivity contribution is 0.254. The topological polar surface area (TPSA) is 167 Å². The predicted molar refractivity (Wildman–Crippen MR) is 138 cm³/mol. The van der Waals surface area contributed by atoms with Crippen molar-refractivity contribution in [3.8, 4) is 5.75 Å². The molecular formula is C20H30ClN5O6S3. The molecule has 0 saturated carbocycles. The van der Waals surface area contributed by atoms with Crippen molar-refractivity contribution in [2.45, 2.75) is 44.9 Å². The molecule has 2 heterocycles. The van der Waals surface area contributed by atoms with E-state index in [9.17, 15) is 21.9 Å². The van der Waals surface area contributed by atoms with Gasteiger partial charge in [-0.15, -0.1) is 15.7 Å². The van der Waals surface area contributed by atoms with E-state index in [1.54, 1.807) is 26.0 Å². The summed E-state index contributed by atoms with van der Waals surface area (Å²) < 4.78 is 59.2. The van der Waals surface area contributed by atoms with Crippen molar-refractivity contribution in [1.29, 1.82) is 0 Å². The quantitative estimate of drug-likeness (QED) is 0.249. The number of rotatable bonds is 10. The third-order valence-electron chi connectivity index (χ3n) is 4.83. The number of halogens is 1. The van der Waals surface area contributed by atoms with Gasteiger partial charge in [-0.2, -0.15) is 12.7 Å². The number of nitrogens with two attached hydrogens (primary N) is 1. The highest BCUT2D eigenvalue weighted by Crippen LogP contribution is 2.40. The third kappa shape index (κ3) is 7.21. The van der Waals surface area contributed by atoms with Crippen LogP contribution in [0.4, 0.5) is 5.69 Å². The average molecular weight is 568 g/mol. The van der Waals surface area contributed by atoms with Gasteiger partial charge in [-0.05, 0) is 29.1 Å². The smallest absolute Gasteiger partial charge is 0.319 e. The molecule has 35 heavy (non-hydrogen) atoms. The van der Waals surface area contributed by atoms with Gasteiger partial charge in [-0.1, -0.05) is 41.2 Å². The first-order chi connectivity index (χ1) is 16.0. The summed E-state index contributed by atoms with van der Waals surface area (Å²) >= 11 is 6.69. The SMILES string of the molecule is C=C(N[C@@H](c1ccc(Cl)o1)C(C)(C)C)C(=NS(N)(=O)=O)Nc1csc(S(=O)(=O)N(CC)CC)c1O. The minimum Gasteiger partial charge on any atom is -0.504 e. The first-order valence-corrected chi connectivity index (χ1v) is 14.6. The van der Waals surface area contributed by atoms with Gasteiger partial charge >= 0.3 is 10.2 Å². The lowest BCUT2D eigenvalue weighted by atomic mass is 9.85. The molecule has 0 aliphatic rings. The van der Waals surface area contributed by atoms with Crippen LogP contribution < -0.4 is 15.8 Å². The second-order valence-corrected chi connectivity index (χ2v) is 13.1. The minimum absolute atomic E-state index is 0.00905. The van der Waals surface area contributed by atoms with Gasteiger partial charge in [0.25, 0.3) is 10.0 Å². The number of furan rings is 1. The molecule has 0 fully saturated rings. The molecule has 0 amide bonds. The first kappa shape index (κ1) is 29.1. The van der Waals surface area contributed by atoms with Crippen LogP contribution in [0.25, 0.3) is 0 Å². The van der Waals surface area contributed by atoms with E-state index in [1.807, 2.05) is 20.8 Å². The third-order valence-corrected chi connectivity index (χ3v) is 9.01. The van der Waals surface area contributed by atoms with E-state index in [4.69, 9.17) is 21.2 Å². The summed E-state index contributed by atoms with van der Waals surface area (Å²) in [7, 11) is -8.36. The van der Waals surface area contributed by atoms with Crippen LogP contribution in [0, 0.1) is 5.41 Å². The van der Waals surface area contributed by atoms with E-state index in [-0.39, 0.29) is 39.7 Å². The molecule has 5 N–H and O–H groups in total. The molecular weight excluding hydrogens is 538 g/mol. The Kier molecular flexibility index (Phi) is 9.06. The van der Waals surface area contributed by atoms with E-state index in [0.29, 0.717) is 5.76 Å². The monoisotopic (exact) mass is 567 g/mol. The van der Waals surface area contributed by atoms with Crippen molar-refractivity contribution >= 4 is 54.7 Å². The zero-order valence-corrected chi connectivity index (χ0v) is 23.2. The highest BCUT2D eigenvalue weighted by molar-refractivity contribution is 7.91. The summed E-state index contributed by atoms with van der Waals surface area (Å²) in [6, 6.07) is 2.71. The van der Waals surface area contributed by atoms with E-state index in [0.717, 1.165) is 11.3 Å². The Morgan fingerprint density at radius 3 is 2.34 bits per heavy atom. The fraction of sp³-hybridized carbons (Fsp3) is 0.450. The Morgan fingerprint density at radius 2 is 1.89 bits per heavy atom. The summed E-state index contributed by atoms with van der Waals surface area (Å²) in [6.45, 7) is 13.4. The van der Waals surface area contributed by atoms with Gasteiger partial charge in [-0.25, -0.2) is 13.6 Å². The maximum atomic E-state index is 12.8. The second kappa shape index (κ2) is 10.9. The van der Waals surface area contributed by atoms with Crippen molar-refractivity contribution in [3.05, 3.63) is 40.8 Å². The second-order valence-electron chi connectivity index (χ2n) is 8.52. The van der Waals surface area contributed by atoms with Crippen LogP contribution in [0.3, 0.4) is 0 Å². The maximum absolute atomic E-state index is 12.8. The number of hydrogen-bond donors (Lipinski definition) is 4. The molecule has 15 heteroatoms. The van der Waals surface area contributed by atoms with Crippen molar-refractivity contribution < 1.29 is 26.4 Å². The van der Waals surface area contributed by atoms with Gasteiger partial charge in [0.05, 0.1) is 17.4 Å². The highest BCUT2D eigenvalue weighted by Gasteiger charge is 2.32. The van der Waals surface area contributed by atoms with E-state index in [2.05, 4.69) is 21.6 Å². The summed E-state index contributed by atoms with van der Waals surface area (Å²) in [6.07, 6.45) is 0. The molecule has 11 nitrogen and oxygen atoms in total. The molecule has 2 aromatic heterocycles. The van der Waals surface area contributed by atoms with Gasteiger partial charge in [0, 0.05) is 18.5 Å². The van der Waals surface area contributed by atoms with Crippen molar-refractivity contribution in [1.82, 2.24) is 9.62 Å². The first-order valence-electron chi connectivity index (χ1n) is 10.4. The number of aromatic hydroxyl groups is 1. The van der Waals surface area contributed by atoms with Gasteiger partial charge in [0.1, 0.15) is 5.76 Å². The summed E-state index contributed by atoms with van der Waals surface area (Å²) in [5.41, 5.74) is -0.545. The van der Waals surface area contributed by atoms with Crippen LogP contribution in [-0.2, 0) is 20.2 Å². The van der Waals surface area contributed by atoms with Gasteiger partial charge < -0.3 is 20.2 Å². The van der Waals surface area contributed by atoms with Gasteiger partial charge in [0.2, 0.25) is 0 Å². The molecule has 0 spiro atoms. The maximum Gasteiger partial charge on any atom is 0.319 e. The standard InChI is InChI=1S/C20H30ClN5O6S3/c1-7-26(8-2)34(28,29)19-16(27)13(11-33-19)24-18(25-35(22,30)31)12(3)23-17(20(4,5)6)14-9-10-15(21)32-14/h9-11,17,23,27H,3,7-8H2,1-2,4-6H3,(H,24,25)(H2,22,30,31)/t17-/m0/s1. The number of amidine groups is 1. The fourth-order valence-corrected chi connectivity index (χ4v) is 6.53. The fourth-order valence-electron chi connectivity index (χ4n) is 3.14. The molecule has 0 saturated heterocycles. The zero-order chi connectivity index (χ0) is 26.8. The van der Waals surface area contributed by atoms with E-state index < -0.39 is 37.4 Å². The van der Waals surface area contributed by atoms with Gasteiger partial charge in [-0.3, -0.25) is 0 Å². The Balaban J connectivity index is 2.45. The molecule has 1 atom stereocenters. The molecule has 0 unspecified atom stereocenters. The number of hydrogen-bond acceptors (Lipinski definition) is 8. The minimum atomic E-state index is -4.40. The normalized spacial score (nSPS) is 14.2. The molecule has 2 rings (SSSR count). The van der Waals surface area contributed by atoms with Gasteiger partial charge in [0.15, 0.2) is 21.0 Å².